The molecule has 4 N–H and O–H groups in total. The first kappa shape index (κ1) is 18.9. The molecule has 1 aliphatic heterocycles. The average molecular weight is 421 g/mol. The molecule has 2 amide bonds. The van der Waals surface area contributed by atoms with Gasteiger partial charge in [-0.3, -0.25) is 14.8 Å². The van der Waals surface area contributed by atoms with Gasteiger partial charge in [-0.05, 0) is 31.0 Å². The molecule has 1 aliphatic rings. The van der Waals surface area contributed by atoms with E-state index in [2.05, 4.69) is 20.4 Å². The number of amides is 2. The second-order valence-corrected chi connectivity index (χ2v) is 7.35. The fourth-order valence-corrected chi connectivity index (χ4v) is 3.96. The minimum Gasteiger partial charge on any atom is -0.465 e. The molecule has 31 heavy (non-hydrogen) atoms. The zero-order chi connectivity index (χ0) is 21.5. The van der Waals surface area contributed by atoms with Gasteiger partial charge in [-0.25, -0.2) is 9.78 Å². The maximum atomic E-state index is 13.1. The minimum absolute atomic E-state index is 0.0473. The minimum atomic E-state index is -0.976. The normalized spacial score (nSPS) is 16.6. The number of carboxylic acid groups (broad SMARTS) is 1. The highest BCUT2D eigenvalue weighted by molar-refractivity contribution is 6.13. The SMILES string of the molecule is Nc1nccc2c1c(C(=O)Nc1nc3ccccc3o1)nn2C1CCCN(C(=O)O)C1. The number of anilines is 2. The number of aromatic nitrogens is 4. The Morgan fingerprint density at radius 1 is 1.26 bits per heavy atom. The fourth-order valence-electron chi connectivity index (χ4n) is 3.96. The number of rotatable bonds is 3. The van der Waals surface area contributed by atoms with Crippen LogP contribution in [0.5, 0.6) is 0 Å². The first-order chi connectivity index (χ1) is 15.0. The highest BCUT2D eigenvalue weighted by atomic mass is 16.4. The molecule has 4 aromatic rings. The summed E-state index contributed by atoms with van der Waals surface area (Å²) in [5, 5.41) is 16.9. The maximum absolute atomic E-state index is 13.1. The lowest BCUT2D eigenvalue weighted by molar-refractivity contribution is 0.101. The van der Waals surface area contributed by atoms with Crippen molar-refractivity contribution in [1.29, 1.82) is 0 Å². The molecular weight excluding hydrogens is 402 g/mol. The average Bonchev–Trinajstić information content (AvgIpc) is 3.35. The number of fused-ring (bicyclic) bond motifs is 2. The topological polar surface area (TPSA) is 152 Å². The molecule has 1 saturated heterocycles. The lowest BCUT2D eigenvalue weighted by Gasteiger charge is -2.31. The summed E-state index contributed by atoms with van der Waals surface area (Å²) in [7, 11) is 0. The van der Waals surface area contributed by atoms with Crippen molar-refractivity contribution in [3.05, 3.63) is 42.2 Å². The van der Waals surface area contributed by atoms with Crippen molar-refractivity contribution >= 4 is 45.8 Å². The summed E-state index contributed by atoms with van der Waals surface area (Å²) < 4.78 is 7.24. The zero-order valence-electron chi connectivity index (χ0n) is 16.4. The molecule has 5 rings (SSSR count). The third-order valence-electron chi connectivity index (χ3n) is 5.39. The molecule has 1 fully saturated rings. The second kappa shape index (κ2) is 7.27. The molecule has 3 aromatic heterocycles. The van der Waals surface area contributed by atoms with Gasteiger partial charge in [0.2, 0.25) is 0 Å². The predicted octanol–water partition coefficient (Wildman–Crippen LogP) is 2.72. The van der Waals surface area contributed by atoms with Gasteiger partial charge in [-0.2, -0.15) is 10.1 Å². The van der Waals surface area contributed by atoms with Crippen LogP contribution < -0.4 is 11.1 Å². The fraction of sp³-hybridized carbons (Fsp3) is 0.250. The number of nitrogens with zero attached hydrogens (tertiary/aromatic N) is 5. The van der Waals surface area contributed by atoms with E-state index in [1.165, 1.54) is 11.1 Å². The number of oxazole rings is 1. The third kappa shape index (κ3) is 3.29. The molecule has 0 saturated carbocycles. The van der Waals surface area contributed by atoms with E-state index >= 15 is 0 Å². The summed E-state index contributed by atoms with van der Waals surface area (Å²) in [4.78, 5) is 34.2. The van der Waals surface area contributed by atoms with Crippen molar-refractivity contribution < 1.29 is 19.1 Å². The van der Waals surface area contributed by atoms with Gasteiger partial charge in [0, 0.05) is 19.3 Å². The molecule has 1 aromatic carbocycles. The molecule has 1 unspecified atom stereocenters. The molecule has 11 heteroatoms. The Kier molecular flexibility index (Phi) is 4.42. The van der Waals surface area contributed by atoms with Gasteiger partial charge in [0.15, 0.2) is 11.3 Å². The van der Waals surface area contributed by atoms with E-state index in [9.17, 15) is 14.7 Å². The van der Waals surface area contributed by atoms with Crippen LogP contribution in [0.2, 0.25) is 0 Å². The molecular formula is C20H19N7O4. The van der Waals surface area contributed by atoms with E-state index in [1.807, 2.05) is 12.1 Å². The first-order valence-corrected chi connectivity index (χ1v) is 9.79. The van der Waals surface area contributed by atoms with Gasteiger partial charge < -0.3 is 20.2 Å². The Balaban J connectivity index is 1.52. The van der Waals surface area contributed by atoms with Crippen LogP contribution in [0.15, 0.2) is 40.9 Å². The molecule has 158 valence electrons. The van der Waals surface area contributed by atoms with Crippen molar-refractivity contribution in [1.82, 2.24) is 24.6 Å². The molecule has 0 bridgehead atoms. The van der Waals surface area contributed by atoms with E-state index in [0.717, 1.165) is 6.42 Å². The third-order valence-corrected chi connectivity index (χ3v) is 5.39. The highest BCUT2D eigenvalue weighted by Crippen LogP contribution is 2.30. The number of hydrogen-bond donors (Lipinski definition) is 3. The van der Waals surface area contributed by atoms with Crippen LogP contribution in [-0.2, 0) is 0 Å². The van der Waals surface area contributed by atoms with Gasteiger partial charge in [0.25, 0.3) is 5.91 Å². The summed E-state index contributed by atoms with van der Waals surface area (Å²) in [6, 6.07) is 8.70. The van der Waals surface area contributed by atoms with Crippen LogP contribution in [0.3, 0.4) is 0 Å². The zero-order valence-corrected chi connectivity index (χ0v) is 16.4. The maximum Gasteiger partial charge on any atom is 0.407 e. The van der Waals surface area contributed by atoms with Crippen LogP contribution >= 0.6 is 0 Å². The highest BCUT2D eigenvalue weighted by Gasteiger charge is 2.29. The Hall–Kier alpha value is -4.15. The number of carbonyl (C=O) groups is 2. The Bertz CT molecular complexity index is 1280. The van der Waals surface area contributed by atoms with E-state index < -0.39 is 12.0 Å². The van der Waals surface area contributed by atoms with E-state index in [4.69, 9.17) is 10.2 Å². The number of likely N-dealkylation sites (tertiary alicyclic amines) is 1. The number of nitrogens with one attached hydrogen (secondary N) is 1. The van der Waals surface area contributed by atoms with Crippen LogP contribution in [0.4, 0.5) is 16.6 Å². The van der Waals surface area contributed by atoms with Gasteiger partial charge in [0.05, 0.1) is 16.9 Å². The van der Waals surface area contributed by atoms with Crippen molar-refractivity contribution in [2.45, 2.75) is 18.9 Å². The smallest absolute Gasteiger partial charge is 0.407 e. The first-order valence-electron chi connectivity index (χ1n) is 9.79. The second-order valence-electron chi connectivity index (χ2n) is 7.35. The molecule has 4 heterocycles. The number of nitrogens with two attached hydrogens (primary N) is 1. The number of para-hydroxylation sites is 2. The molecule has 1 atom stereocenters. The van der Waals surface area contributed by atoms with Crippen molar-refractivity contribution in [3.63, 3.8) is 0 Å². The van der Waals surface area contributed by atoms with Crippen molar-refractivity contribution in [2.75, 3.05) is 24.1 Å². The lowest BCUT2D eigenvalue weighted by Crippen LogP contribution is -2.40. The van der Waals surface area contributed by atoms with Crippen LogP contribution in [0.1, 0.15) is 29.4 Å². The molecule has 0 radical (unpaired) electrons. The van der Waals surface area contributed by atoms with Crippen LogP contribution in [-0.4, -0.2) is 54.8 Å². The van der Waals surface area contributed by atoms with Gasteiger partial charge in [-0.1, -0.05) is 12.1 Å². The quantitative estimate of drug-likeness (QED) is 0.456. The molecule has 0 spiro atoms. The number of piperidine rings is 1. The van der Waals surface area contributed by atoms with Crippen molar-refractivity contribution in [2.24, 2.45) is 0 Å². The Morgan fingerprint density at radius 2 is 2.10 bits per heavy atom. The van der Waals surface area contributed by atoms with Gasteiger partial charge in [-0.15, -0.1) is 0 Å². The Labute approximate surface area is 175 Å². The summed E-state index contributed by atoms with van der Waals surface area (Å²) in [5.74, 6) is -0.377. The van der Waals surface area contributed by atoms with Gasteiger partial charge >= 0.3 is 12.1 Å². The van der Waals surface area contributed by atoms with Crippen LogP contribution in [0.25, 0.3) is 22.0 Å². The lowest BCUT2D eigenvalue weighted by atomic mass is 10.1. The number of benzene rings is 1. The summed E-state index contributed by atoms with van der Waals surface area (Å²) in [6.45, 7) is 0.750. The summed E-state index contributed by atoms with van der Waals surface area (Å²) in [6.07, 6.45) is 1.99. The molecule has 0 aliphatic carbocycles. The van der Waals surface area contributed by atoms with E-state index in [1.54, 1.807) is 22.9 Å². The Morgan fingerprint density at radius 3 is 2.90 bits per heavy atom. The number of hydrogen-bond acceptors (Lipinski definition) is 7. The molecule has 11 nitrogen and oxygen atoms in total. The van der Waals surface area contributed by atoms with Crippen LogP contribution in [0, 0.1) is 0 Å². The van der Waals surface area contributed by atoms with Crippen molar-refractivity contribution in [3.8, 4) is 0 Å². The van der Waals surface area contributed by atoms with E-state index in [-0.39, 0.29) is 30.1 Å². The summed E-state index contributed by atoms with van der Waals surface area (Å²) in [5.41, 5.74) is 7.94. The number of nitrogen functional groups attached to an aromatic ring is 1. The van der Waals surface area contributed by atoms with Gasteiger partial charge in [0.1, 0.15) is 11.3 Å². The standard InChI is InChI=1S/C20H19N7O4/c21-17-15-13(7-8-22-17)27(11-4-3-9-26(10-11)20(29)30)25-16(15)18(28)24-19-23-12-5-1-2-6-14(12)31-19/h1-2,5-8,11H,3-4,9-10H2,(H2,21,22)(H,29,30)(H,23,24,28). The summed E-state index contributed by atoms with van der Waals surface area (Å²) >= 11 is 0. The monoisotopic (exact) mass is 421 g/mol. The van der Waals surface area contributed by atoms with E-state index in [0.29, 0.717) is 35.0 Å². The predicted molar refractivity (Wildman–Crippen MR) is 112 cm³/mol. The largest absolute Gasteiger partial charge is 0.465 e. The number of carbonyl (C=O) groups excluding carboxylic acids is 1. The number of pyridine rings is 1.